The van der Waals surface area contributed by atoms with Crippen LogP contribution in [0.25, 0.3) is 0 Å². The molecule has 0 aromatic heterocycles. The molecule has 0 bridgehead atoms. The maximum absolute atomic E-state index is 6.20. The first kappa shape index (κ1) is 17.3. The fourth-order valence-corrected chi connectivity index (χ4v) is 2.19. The molecule has 114 valence electrons. The van der Waals surface area contributed by atoms with Crippen molar-refractivity contribution in [3.63, 3.8) is 0 Å². The lowest BCUT2D eigenvalue weighted by Crippen LogP contribution is -2.22. The normalized spacial score (nSPS) is 11.4. The molecule has 1 rings (SSSR count). The van der Waals surface area contributed by atoms with Crippen LogP contribution in [-0.2, 0) is 0 Å². The topological polar surface area (TPSA) is 21.3 Å². The van der Waals surface area contributed by atoms with E-state index >= 15 is 0 Å². The maximum Gasteiger partial charge on any atom is 0.123 e. The van der Waals surface area contributed by atoms with Crippen molar-refractivity contribution in [2.75, 3.05) is 19.7 Å². The summed E-state index contributed by atoms with van der Waals surface area (Å²) in [5.41, 5.74) is 2.26. The van der Waals surface area contributed by atoms with Crippen molar-refractivity contribution in [2.24, 2.45) is 5.92 Å². The molecule has 0 spiro atoms. The van der Waals surface area contributed by atoms with Gasteiger partial charge in [0, 0.05) is 5.02 Å². The summed E-state index contributed by atoms with van der Waals surface area (Å²) in [6.45, 7) is 13.6. The van der Waals surface area contributed by atoms with Crippen LogP contribution in [0.5, 0.6) is 5.75 Å². The second-order valence-corrected chi connectivity index (χ2v) is 6.50. The molecule has 0 heterocycles. The molecule has 1 aromatic rings. The Hall–Kier alpha value is -0.730. The predicted octanol–water partition coefficient (Wildman–Crippen LogP) is 4.79. The lowest BCUT2D eigenvalue weighted by atomic mass is 10.0. The van der Waals surface area contributed by atoms with Crippen molar-refractivity contribution < 1.29 is 4.74 Å². The molecule has 3 heteroatoms. The second kappa shape index (κ2) is 8.53. The molecule has 1 aromatic carbocycles. The summed E-state index contributed by atoms with van der Waals surface area (Å²) in [6.07, 6.45) is 1.02. The zero-order chi connectivity index (χ0) is 15.1. The minimum atomic E-state index is 0.419. The molecule has 20 heavy (non-hydrogen) atoms. The summed E-state index contributed by atoms with van der Waals surface area (Å²) in [6, 6.07) is 4.09. The van der Waals surface area contributed by atoms with Crippen molar-refractivity contribution in [1.82, 2.24) is 5.32 Å². The molecule has 0 aliphatic rings. The maximum atomic E-state index is 6.20. The Bertz CT molecular complexity index is 416. The SMILES string of the molecule is Cc1cc(OCCCNCC(C)C)c(C(C)C)cc1Cl. The van der Waals surface area contributed by atoms with E-state index in [0.717, 1.165) is 42.5 Å². The van der Waals surface area contributed by atoms with Gasteiger partial charge in [-0.05, 0) is 61.5 Å². The second-order valence-electron chi connectivity index (χ2n) is 6.09. The van der Waals surface area contributed by atoms with Crippen LogP contribution in [0.15, 0.2) is 12.1 Å². The van der Waals surface area contributed by atoms with Gasteiger partial charge in [-0.3, -0.25) is 0 Å². The standard InChI is InChI=1S/C17H28ClNO/c1-12(2)11-19-7-6-8-20-17-9-14(5)16(18)10-15(17)13(3)4/h9-10,12-13,19H,6-8,11H2,1-5H3. The summed E-state index contributed by atoms with van der Waals surface area (Å²) in [5, 5.41) is 4.25. The molecule has 0 radical (unpaired) electrons. The average Bonchev–Trinajstić information content (AvgIpc) is 2.36. The molecule has 0 saturated heterocycles. The lowest BCUT2D eigenvalue weighted by molar-refractivity contribution is 0.303. The highest BCUT2D eigenvalue weighted by molar-refractivity contribution is 6.31. The number of aryl methyl sites for hydroxylation is 1. The molecule has 2 nitrogen and oxygen atoms in total. The molecule has 0 amide bonds. The van der Waals surface area contributed by atoms with Crippen molar-refractivity contribution in [1.29, 1.82) is 0 Å². The number of ether oxygens (including phenoxy) is 1. The molecule has 0 aliphatic carbocycles. The van der Waals surface area contributed by atoms with E-state index in [-0.39, 0.29) is 0 Å². The zero-order valence-corrected chi connectivity index (χ0v) is 14.2. The summed E-state index contributed by atoms with van der Waals surface area (Å²) in [5.74, 6) is 2.09. The Balaban J connectivity index is 2.49. The van der Waals surface area contributed by atoms with Gasteiger partial charge in [0.25, 0.3) is 0 Å². The molecule has 0 unspecified atom stereocenters. The minimum Gasteiger partial charge on any atom is -0.493 e. The number of halogens is 1. The van der Waals surface area contributed by atoms with E-state index in [1.165, 1.54) is 5.56 Å². The van der Waals surface area contributed by atoms with E-state index in [2.05, 4.69) is 39.1 Å². The van der Waals surface area contributed by atoms with E-state index in [1.807, 2.05) is 13.0 Å². The summed E-state index contributed by atoms with van der Waals surface area (Å²) < 4.78 is 5.94. The molecular weight excluding hydrogens is 270 g/mol. The summed E-state index contributed by atoms with van der Waals surface area (Å²) in [7, 11) is 0. The lowest BCUT2D eigenvalue weighted by Gasteiger charge is -2.16. The predicted molar refractivity (Wildman–Crippen MR) is 88.1 cm³/mol. The average molecular weight is 298 g/mol. The van der Waals surface area contributed by atoms with Crippen molar-refractivity contribution >= 4 is 11.6 Å². The third kappa shape index (κ3) is 5.72. The van der Waals surface area contributed by atoms with Gasteiger partial charge in [-0.2, -0.15) is 0 Å². The van der Waals surface area contributed by atoms with Gasteiger partial charge in [0.15, 0.2) is 0 Å². The van der Waals surface area contributed by atoms with E-state index in [1.54, 1.807) is 0 Å². The molecule has 0 aliphatic heterocycles. The van der Waals surface area contributed by atoms with Gasteiger partial charge in [-0.15, -0.1) is 0 Å². The van der Waals surface area contributed by atoms with Crippen molar-refractivity contribution in [3.05, 3.63) is 28.3 Å². The molecule has 0 saturated carbocycles. The highest BCUT2D eigenvalue weighted by atomic mass is 35.5. The van der Waals surface area contributed by atoms with Gasteiger partial charge in [0.1, 0.15) is 5.75 Å². The Labute approximate surface area is 128 Å². The van der Waals surface area contributed by atoms with Gasteiger partial charge < -0.3 is 10.1 Å². The van der Waals surface area contributed by atoms with Gasteiger partial charge in [0.05, 0.1) is 6.61 Å². The first-order valence-corrected chi connectivity index (χ1v) is 7.93. The van der Waals surface area contributed by atoms with E-state index in [9.17, 15) is 0 Å². The van der Waals surface area contributed by atoms with Gasteiger partial charge in [-0.25, -0.2) is 0 Å². The van der Waals surface area contributed by atoms with Crippen LogP contribution in [0.2, 0.25) is 5.02 Å². The molecule has 0 atom stereocenters. The van der Waals surface area contributed by atoms with E-state index in [0.29, 0.717) is 11.8 Å². The summed E-state index contributed by atoms with van der Waals surface area (Å²) in [4.78, 5) is 0. The van der Waals surface area contributed by atoms with Crippen LogP contribution >= 0.6 is 11.6 Å². The van der Waals surface area contributed by atoms with Crippen molar-refractivity contribution in [2.45, 2.75) is 47.0 Å². The zero-order valence-electron chi connectivity index (χ0n) is 13.4. The number of rotatable bonds is 8. The van der Waals surface area contributed by atoms with Crippen LogP contribution in [0.1, 0.15) is 51.2 Å². The third-order valence-corrected chi connectivity index (χ3v) is 3.63. The summed E-state index contributed by atoms with van der Waals surface area (Å²) >= 11 is 6.20. The first-order valence-electron chi connectivity index (χ1n) is 7.55. The molecule has 0 fully saturated rings. The molecular formula is C17H28ClNO. The highest BCUT2D eigenvalue weighted by Gasteiger charge is 2.10. The smallest absolute Gasteiger partial charge is 0.123 e. The van der Waals surface area contributed by atoms with Crippen LogP contribution in [0.4, 0.5) is 0 Å². The van der Waals surface area contributed by atoms with Crippen LogP contribution < -0.4 is 10.1 Å². The Kier molecular flexibility index (Phi) is 7.39. The van der Waals surface area contributed by atoms with E-state index < -0.39 is 0 Å². The van der Waals surface area contributed by atoms with Crippen LogP contribution in [-0.4, -0.2) is 19.7 Å². The monoisotopic (exact) mass is 297 g/mol. The van der Waals surface area contributed by atoms with E-state index in [4.69, 9.17) is 16.3 Å². The van der Waals surface area contributed by atoms with Gasteiger partial charge >= 0.3 is 0 Å². The van der Waals surface area contributed by atoms with Crippen LogP contribution in [0.3, 0.4) is 0 Å². The van der Waals surface area contributed by atoms with Crippen molar-refractivity contribution in [3.8, 4) is 5.75 Å². The Morgan fingerprint density at radius 3 is 2.50 bits per heavy atom. The number of benzene rings is 1. The van der Waals surface area contributed by atoms with Gasteiger partial charge in [0.2, 0.25) is 0 Å². The fourth-order valence-electron chi connectivity index (χ4n) is 2.02. The first-order chi connectivity index (χ1) is 9.41. The number of hydrogen-bond acceptors (Lipinski definition) is 2. The fraction of sp³-hybridized carbons (Fsp3) is 0.647. The minimum absolute atomic E-state index is 0.419. The Morgan fingerprint density at radius 2 is 1.90 bits per heavy atom. The molecule has 1 N–H and O–H groups in total. The third-order valence-electron chi connectivity index (χ3n) is 3.22. The van der Waals surface area contributed by atoms with Gasteiger partial charge in [-0.1, -0.05) is 39.3 Å². The van der Waals surface area contributed by atoms with Crippen LogP contribution in [0, 0.1) is 12.8 Å². The highest BCUT2D eigenvalue weighted by Crippen LogP contribution is 2.31. The largest absolute Gasteiger partial charge is 0.493 e. The number of nitrogens with one attached hydrogen (secondary N) is 1. The Morgan fingerprint density at radius 1 is 1.20 bits per heavy atom. The number of hydrogen-bond donors (Lipinski definition) is 1. The quantitative estimate of drug-likeness (QED) is 0.697.